The standard InChI is InChI=1S/C16H28N2O2/c1-4-9-19-15-8-7-14(18-12-13(17)6-3)11-16(15)20-10-5-2/h7-8,11,13,18H,4-6,9-10,12,17H2,1-3H3. The van der Waals surface area contributed by atoms with Crippen LogP contribution in [-0.4, -0.2) is 25.8 Å². The Kier molecular flexibility index (Phi) is 7.88. The summed E-state index contributed by atoms with van der Waals surface area (Å²) < 4.78 is 11.5. The molecular formula is C16H28N2O2. The van der Waals surface area contributed by atoms with Gasteiger partial charge in [-0.1, -0.05) is 20.8 Å². The van der Waals surface area contributed by atoms with Crippen molar-refractivity contribution in [2.24, 2.45) is 5.73 Å². The Labute approximate surface area is 122 Å². The van der Waals surface area contributed by atoms with E-state index in [1.54, 1.807) is 0 Å². The zero-order valence-electron chi connectivity index (χ0n) is 12.9. The Morgan fingerprint density at radius 3 is 2.30 bits per heavy atom. The SMILES string of the molecule is CCCOc1ccc(NCC(N)CC)cc1OCCC. The van der Waals surface area contributed by atoms with Gasteiger partial charge in [-0.05, 0) is 31.4 Å². The van der Waals surface area contributed by atoms with Crippen LogP contribution < -0.4 is 20.5 Å². The minimum atomic E-state index is 0.172. The number of hydrogen-bond donors (Lipinski definition) is 2. The van der Waals surface area contributed by atoms with Crippen molar-refractivity contribution in [2.75, 3.05) is 25.1 Å². The third-order valence-electron chi connectivity index (χ3n) is 2.96. The zero-order valence-corrected chi connectivity index (χ0v) is 12.9. The summed E-state index contributed by atoms with van der Waals surface area (Å²) in [6, 6.07) is 6.13. The molecule has 0 heterocycles. The molecule has 0 radical (unpaired) electrons. The number of ether oxygens (including phenoxy) is 2. The van der Waals surface area contributed by atoms with E-state index >= 15 is 0 Å². The lowest BCUT2D eigenvalue weighted by molar-refractivity contribution is 0.268. The average Bonchev–Trinajstić information content (AvgIpc) is 2.49. The molecular weight excluding hydrogens is 252 g/mol. The molecule has 0 fully saturated rings. The molecule has 0 aromatic heterocycles. The van der Waals surface area contributed by atoms with Crippen molar-refractivity contribution in [2.45, 2.75) is 46.1 Å². The Morgan fingerprint density at radius 1 is 1.05 bits per heavy atom. The number of nitrogens with one attached hydrogen (secondary N) is 1. The van der Waals surface area contributed by atoms with Gasteiger partial charge in [-0.3, -0.25) is 0 Å². The van der Waals surface area contributed by atoms with Crippen molar-refractivity contribution in [3.63, 3.8) is 0 Å². The maximum absolute atomic E-state index is 5.92. The molecule has 1 aromatic rings. The lowest BCUT2D eigenvalue weighted by Crippen LogP contribution is -2.27. The molecule has 0 spiro atoms. The molecule has 4 heteroatoms. The molecule has 0 aliphatic rings. The second kappa shape index (κ2) is 9.48. The Balaban J connectivity index is 2.72. The summed E-state index contributed by atoms with van der Waals surface area (Å²) >= 11 is 0. The summed E-state index contributed by atoms with van der Waals surface area (Å²) in [6.45, 7) is 8.43. The number of benzene rings is 1. The van der Waals surface area contributed by atoms with Crippen molar-refractivity contribution in [1.82, 2.24) is 0 Å². The molecule has 0 aliphatic carbocycles. The van der Waals surface area contributed by atoms with Crippen LogP contribution >= 0.6 is 0 Å². The Hall–Kier alpha value is -1.42. The molecule has 3 N–H and O–H groups in total. The normalized spacial score (nSPS) is 12.0. The van der Waals surface area contributed by atoms with E-state index in [-0.39, 0.29) is 6.04 Å². The molecule has 1 unspecified atom stereocenters. The molecule has 0 aliphatic heterocycles. The lowest BCUT2D eigenvalue weighted by Gasteiger charge is -2.16. The topological polar surface area (TPSA) is 56.5 Å². The van der Waals surface area contributed by atoms with Crippen molar-refractivity contribution in [1.29, 1.82) is 0 Å². The molecule has 0 amide bonds. The van der Waals surface area contributed by atoms with Gasteiger partial charge in [0.2, 0.25) is 0 Å². The van der Waals surface area contributed by atoms with Gasteiger partial charge >= 0.3 is 0 Å². The van der Waals surface area contributed by atoms with E-state index in [0.717, 1.165) is 43.0 Å². The van der Waals surface area contributed by atoms with Crippen LogP contribution in [0.2, 0.25) is 0 Å². The van der Waals surface area contributed by atoms with Crippen LogP contribution in [-0.2, 0) is 0 Å². The molecule has 114 valence electrons. The first-order valence-electron chi connectivity index (χ1n) is 7.60. The minimum absolute atomic E-state index is 0.172. The second-order valence-corrected chi connectivity index (χ2v) is 4.91. The van der Waals surface area contributed by atoms with E-state index in [0.29, 0.717) is 13.2 Å². The number of rotatable bonds is 10. The third kappa shape index (κ3) is 5.70. The molecule has 4 nitrogen and oxygen atoms in total. The van der Waals surface area contributed by atoms with E-state index in [1.165, 1.54) is 0 Å². The smallest absolute Gasteiger partial charge is 0.163 e. The van der Waals surface area contributed by atoms with E-state index in [9.17, 15) is 0 Å². The first kappa shape index (κ1) is 16.6. The minimum Gasteiger partial charge on any atom is -0.490 e. The van der Waals surface area contributed by atoms with Crippen LogP contribution in [0.5, 0.6) is 11.5 Å². The van der Waals surface area contributed by atoms with Gasteiger partial charge in [-0.2, -0.15) is 0 Å². The van der Waals surface area contributed by atoms with Crippen LogP contribution in [0.3, 0.4) is 0 Å². The fourth-order valence-electron chi connectivity index (χ4n) is 1.67. The molecule has 1 atom stereocenters. The van der Waals surface area contributed by atoms with E-state index in [1.807, 2.05) is 18.2 Å². The molecule has 0 bridgehead atoms. The lowest BCUT2D eigenvalue weighted by atomic mass is 10.2. The van der Waals surface area contributed by atoms with Gasteiger partial charge in [0.15, 0.2) is 11.5 Å². The highest BCUT2D eigenvalue weighted by atomic mass is 16.5. The van der Waals surface area contributed by atoms with Gasteiger partial charge in [0.25, 0.3) is 0 Å². The summed E-state index contributed by atoms with van der Waals surface area (Å²) in [5.74, 6) is 1.61. The Morgan fingerprint density at radius 2 is 1.70 bits per heavy atom. The Bertz CT molecular complexity index is 383. The summed E-state index contributed by atoms with van der Waals surface area (Å²) in [5, 5.41) is 3.33. The average molecular weight is 280 g/mol. The molecule has 1 rings (SSSR count). The van der Waals surface area contributed by atoms with Crippen LogP contribution in [0.4, 0.5) is 5.69 Å². The maximum Gasteiger partial charge on any atom is 0.163 e. The predicted molar refractivity (Wildman–Crippen MR) is 84.8 cm³/mol. The van der Waals surface area contributed by atoms with Crippen molar-refractivity contribution < 1.29 is 9.47 Å². The molecule has 20 heavy (non-hydrogen) atoms. The van der Waals surface area contributed by atoms with Gasteiger partial charge in [0.05, 0.1) is 13.2 Å². The maximum atomic E-state index is 5.92. The summed E-state index contributed by atoms with van der Waals surface area (Å²) in [6.07, 6.45) is 2.92. The summed E-state index contributed by atoms with van der Waals surface area (Å²) in [4.78, 5) is 0. The van der Waals surface area contributed by atoms with Crippen LogP contribution in [0.1, 0.15) is 40.0 Å². The van der Waals surface area contributed by atoms with Gasteiger partial charge in [-0.25, -0.2) is 0 Å². The highest BCUT2D eigenvalue weighted by molar-refractivity contribution is 5.54. The first-order valence-corrected chi connectivity index (χ1v) is 7.60. The largest absolute Gasteiger partial charge is 0.490 e. The van der Waals surface area contributed by atoms with E-state index in [4.69, 9.17) is 15.2 Å². The van der Waals surface area contributed by atoms with Gasteiger partial charge in [0.1, 0.15) is 0 Å². The van der Waals surface area contributed by atoms with Crippen molar-refractivity contribution >= 4 is 5.69 Å². The van der Waals surface area contributed by atoms with Crippen LogP contribution in [0.15, 0.2) is 18.2 Å². The van der Waals surface area contributed by atoms with Crippen LogP contribution in [0.25, 0.3) is 0 Å². The van der Waals surface area contributed by atoms with Gasteiger partial charge < -0.3 is 20.5 Å². The highest BCUT2D eigenvalue weighted by Crippen LogP contribution is 2.30. The van der Waals surface area contributed by atoms with Crippen LogP contribution in [0, 0.1) is 0 Å². The highest BCUT2D eigenvalue weighted by Gasteiger charge is 2.07. The number of nitrogens with two attached hydrogens (primary N) is 1. The number of hydrogen-bond acceptors (Lipinski definition) is 4. The molecule has 1 aromatic carbocycles. The van der Waals surface area contributed by atoms with E-state index in [2.05, 4.69) is 26.1 Å². The zero-order chi connectivity index (χ0) is 14.8. The quantitative estimate of drug-likeness (QED) is 0.689. The first-order chi connectivity index (χ1) is 9.71. The molecule has 0 saturated heterocycles. The summed E-state index contributed by atoms with van der Waals surface area (Å²) in [7, 11) is 0. The fraction of sp³-hybridized carbons (Fsp3) is 0.625. The van der Waals surface area contributed by atoms with Gasteiger partial charge in [0, 0.05) is 24.3 Å². The summed E-state index contributed by atoms with van der Waals surface area (Å²) in [5.41, 5.74) is 6.93. The second-order valence-electron chi connectivity index (χ2n) is 4.91. The third-order valence-corrected chi connectivity index (χ3v) is 2.96. The van der Waals surface area contributed by atoms with Crippen molar-refractivity contribution in [3.8, 4) is 11.5 Å². The number of anilines is 1. The predicted octanol–water partition coefficient (Wildman–Crippen LogP) is 3.41. The van der Waals surface area contributed by atoms with Crippen molar-refractivity contribution in [3.05, 3.63) is 18.2 Å². The fourth-order valence-corrected chi connectivity index (χ4v) is 1.67. The monoisotopic (exact) mass is 280 g/mol. The van der Waals surface area contributed by atoms with Gasteiger partial charge in [-0.15, -0.1) is 0 Å². The van der Waals surface area contributed by atoms with E-state index < -0.39 is 0 Å². The molecule has 0 saturated carbocycles.